The van der Waals surface area contributed by atoms with E-state index in [1.54, 1.807) is 0 Å². The Morgan fingerprint density at radius 2 is 1.91 bits per heavy atom. The van der Waals surface area contributed by atoms with E-state index in [0.29, 0.717) is 6.04 Å². The second-order valence-electron chi connectivity index (χ2n) is 6.79. The standard InChI is InChI=1S/C18H26N4O/c1-10-9-16(13(4)22(10)15-7-8-15)18(23)19-11(2)17-12(3)20-21(6)14(17)5/h9,11,15H,7-8H2,1-6H3,(H,19,23)/t11-/m1/s1. The van der Waals surface area contributed by atoms with E-state index < -0.39 is 0 Å². The van der Waals surface area contributed by atoms with Gasteiger partial charge in [0.05, 0.1) is 17.3 Å². The number of rotatable bonds is 4. The molecule has 1 N–H and O–H groups in total. The van der Waals surface area contributed by atoms with Gasteiger partial charge in [-0.2, -0.15) is 5.10 Å². The van der Waals surface area contributed by atoms with Crippen molar-refractivity contribution in [3.05, 3.63) is 40.0 Å². The third-order valence-corrected chi connectivity index (χ3v) is 4.99. The van der Waals surface area contributed by atoms with Gasteiger partial charge in [0.15, 0.2) is 0 Å². The van der Waals surface area contributed by atoms with Crippen molar-refractivity contribution >= 4 is 5.91 Å². The number of hydrogen-bond acceptors (Lipinski definition) is 2. The van der Waals surface area contributed by atoms with Crippen molar-refractivity contribution < 1.29 is 4.79 Å². The van der Waals surface area contributed by atoms with Crippen LogP contribution in [-0.2, 0) is 7.05 Å². The van der Waals surface area contributed by atoms with Crippen LogP contribution < -0.4 is 5.32 Å². The van der Waals surface area contributed by atoms with Crippen LogP contribution in [0.1, 0.15) is 70.5 Å². The summed E-state index contributed by atoms with van der Waals surface area (Å²) < 4.78 is 4.17. The summed E-state index contributed by atoms with van der Waals surface area (Å²) in [7, 11) is 1.93. The fourth-order valence-corrected chi connectivity index (χ4v) is 3.66. The first-order valence-electron chi connectivity index (χ1n) is 8.30. The normalized spacial score (nSPS) is 15.7. The summed E-state index contributed by atoms with van der Waals surface area (Å²) in [5, 5.41) is 7.58. The molecule has 1 aliphatic rings. The molecule has 1 amide bonds. The van der Waals surface area contributed by atoms with Crippen LogP contribution in [0.4, 0.5) is 0 Å². The van der Waals surface area contributed by atoms with Gasteiger partial charge in [-0.15, -0.1) is 0 Å². The van der Waals surface area contributed by atoms with Crippen LogP contribution in [0.5, 0.6) is 0 Å². The van der Waals surface area contributed by atoms with Crippen LogP contribution in [0.3, 0.4) is 0 Å². The zero-order chi connectivity index (χ0) is 16.9. The lowest BCUT2D eigenvalue weighted by molar-refractivity contribution is 0.0939. The van der Waals surface area contributed by atoms with Gasteiger partial charge in [0.2, 0.25) is 0 Å². The number of carbonyl (C=O) groups excluding carboxylic acids is 1. The van der Waals surface area contributed by atoms with E-state index in [1.807, 2.05) is 45.5 Å². The Hall–Kier alpha value is -2.04. The predicted molar refractivity (Wildman–Crippen MR) is 90.7 cm³/mol. The fourth-order valence-electron chi connectivity index (χ4n) is 3.66. The van der Waals surface area contributed by atoms with Gasteiger partial charge in [-0.3, -0.25) is 9.48 Å². The highest BCUT2D eigenvalue weighted by Gasteiger charge is 2.29. The molecular weight excluding hydrogens is 288 g/mol. The van der Waals surface area contributed by atoms with E-state index in [2.05, 4.69) is 21.9 Å². The van der Waals surface area contributed by atoms with Gasteiger partial charge in [-0.05, 0) is 53.5 Å². The number of aryl methyl sites for hydroxylation is 3. The summed E-state index contributed by atoms with van der Waals surface area (Å²) in [5.74, 6) is 0.000142. The number of aromatic nitrogens is 3. The molecule has 0 bridgehead atoms. The Bertz CT molecular complexity index is 765. The van der Waals surface area contributed by atoms with Crippen molar-refractivity contribution in [1.29, 1.82) is 0 Å². The van der Waals surface area contributed by atoms with Crippen molar-refractivity contribution in [3.8, 4) is 0 Å². The Morgan fingerprint density at radius 3 is 2.43 bits per heavy atom. The van der Waals surface area contributed by atoms with Gasteiger partial charge in [0.25, 0.3) is 5.91 Å². The van der Waals surface area contributed by atoms with E-state index in [9.17, 15) is 4.79 Å². The first-order valence-corrected chi connectivity index (χ1v) is 8.30. The van der Waals surface area contributed by atoms with Crippen LogP contribution in [0, 0.1) is 27.7 Å². The minimum atomic E-state index is -0.0554. The maximum Gasteiger partial charge on any atom is 0.253 e. The predicted octanol–water partition coefficient (Wildman–Crippen LogP) is 3.28. The second-order valence-corrected chi connectivity index (χ2v) is 6.79. The van der Waals surface area contributed by atoms with Crippen LogP contribution >= 0.6 is 0 Å². The molecular formula is C18H26N4O. The molecule has 0 radical (unpaired) electrons. The van der Waals surface area contributed by atoms with Crippen molar-refractivity contribution in [3.63, 3.8) is 0 Å². The zero-order valence-corrected chi connectivity index (χ0v) is 14.9. The highest BCUT2D eigenvalue weighted by Crippen LogP contribution is 2.38. The van der Waals surface area contributed by atoms with Gasteiger partial charge < -0.3 is 9.88 Å². The molecule has 23 heavy (non-hydrogen) atoms. The number of nitrogens with one attached hydrogen (secondary N) is 1. The molecule has 1 atom stereocenters. The largest absolute Gasteiger partial charge is 0.345 e. The van der Waals surface area contributed by atoms with Gasteiger partial charge in [0.1, 0.15) is 0 Å². The smallest absolute Gasteiger partial charge is 0.253 e. The molecule has 3 rings (SSSR count). The third-order valence-electron chi connectivity index (χ3n) is 4.99. The third kappa shape index (κ3) is 2.69. The minimum Gasteiger partial charge on any atom is -0.345 e. The number of hydrogen-bond donors (Lipinski definition) is 1. The summed E-state index contributed by atoms with van der Waals surface area (Å²) in [6, 6.07) is 2.55. The Labute approximate surface area is 137 Å². The average Bonchev–Trinajstić information content (AvgIpc) is 3.19. The summed E-state index contributed by atoms with van der Waals surface area (Å²) in [4.78, 5) is 12.7. The maximum atomic E-state index is 12.7. The Kier molecular flexibility index (Phi) is 3.82. The molecule has 0 unspecified atom stereocenters. The minimum absolute atomic E-state index is 0.000142. The van der Waals surface area contributed by atoms with Gasteiger partial charge >= 0.3 is 0 Å². The lowest BCUT2D eigenvalue weighted by atomic mass is 10.1. The molecule has 5 nitrogen and oxygen atoms in total. The molecule has 1 aliphatic carbocycles. The first kappa shape index (κ1) is 15.8. The maximum absolute atomic E-state index is 12.7. The SMILES string of the molecule is Cc1nn(C)c(C)c1[C@@H](C)NC(=O)c1cc(C)n(C2CC2)c1C. The summed E-state index contributed by atoms with van der Waals surface area (Å²) >= 11 is 0. The van der Waals surface area contributed by atoms with Crippen molar-refractivity contribution in [2.75, 3.05) is 0 Å². The van der Waals surface area contributed by atoms with Crippen LogP contribution in [0.2, 0.25) is 0 Å². The lowest BCUT2D eigenvalue weighted by Gasteiger charge is -2.15. The topological polar surface area (TPSA) is 51.9 Å². The molecule has 2 heterocycles. The van der Waals surface area contributed by atoms with Crippen LogP contribution in [-0.4, -0.2) is 20.3 Å². The molecule has 5 heteroatoms. The summed E-state index contributed by atoms with van der Waals surface area (Å²) in [5.41, 5.74) is 6.23. The van der Waals surface area contributed by atoms with Crippen molar-refractivity contribution in [2.24, 2.45) is 7.05 Å². The monoisotopic (exact) mass is 314 g/mol. The molecule has 1 saturated carbocycles. The fraction of sp³-hybridized carbons (Fsp3) is 0.556. The average molecular weight is 314 g/mol. The molecule has 2 aromatic rings. The quantitative estimate of drug-likeness (QED) is 0.941. The molecule has 0 saturated heterocycles. The number of nitrogens with zero attached hydrogens (tertiary/aromatic N) is 3. The zero-order valence-electron chi connectivity index (χ0n) is 14.9. The Morgan fingerprint density at radius 1 is 1.26 bits per heavy atom. The van der Waals surface area contributed by atoms with E-state index in [1.165, 1.54) is 18.5 Å². The Balaban J connectivity index is 1.83. The summed E-state index contributed by atoms with van der Waals surface area (Å²) in [6.07, 6.45) is 2.45. The van der Waals surface area contributed by atoms with E-state index in [4.69, 9.17) is 0 Å². The highest BCUT2D eigenvalue weighted by atomic mass is 16.1. The molecule has 0 aliphatic heterocycles. The highest BCUT2D eigenvalue weighted by molar-refractivity contribution is 5.96. The number of carbonyl (C=O) groups is 1. The molecule has 124 valence electrons. The summed E-state index contributed by atoms with van der Waals surface area (Å²) in [6.45, 7) is 10.2. The molecule has 0 aromatic carbocycles. The van der Waals surface area contributed by atoms with Crippen LogP contribution in [0.25, 0.3) is 0 Å². The number of amides is 1. The van der Waals surface area contributed by atoms with E-state index in [-0.39, 0.29) is 11.9 Å². The van der Waals surface area contributed by atoms with Gasteiger partial charge in [0, 0.05) is 35.7 Å². The van der Waals surface area contributed by atoms with Gasteiger partial charge in [-0.1, -0.05) is 0 Å². The molecule has 0 spiro atoms. The molecule has 1 fully saturated rings. The molecule has 2 aromatic heterocycles. The van der Waals surface area contributed by atoms with Crippen molar-refractivity contribution in [2.45, 2.75) is 59.5 Å². The van der Waals surface area contributed by atoms with E-state index in [0.717, 1.165) is 28.2 Å². The lowest BCUT2D eigenvalue weighted by Crippen LogP contribution is -2.27. The van der Waals surface area contributed by atoms with Gasteiger partial charge in [-0.25, -0.2) is 0 Å². The van der Waals surface area contributed by atoms with Crippen LogP contribution in [0.15, 0.2) is 6.07 Å². The van der Waals surface area contributed by atoms with Crippen molar-refractivity contribution in [1.82, 2.24) is 19.7 Å². The van der Waals surface area contributed by atoms with E-state index >= 15 is 0 Å². The first-order chi connectivity index (χ1) is 10.8. The second kappa shape index (κ2) is 5.55.